The Morgan fingerprint density at radius 2 is 1.79 bits per heavy atom. The third kappa shape index (κ3) is 11.4. The van der Waals surface area contributed by atoms with E-state index in [-0.39, 0.29) is 18.7 Å². The van der Waals surface area contributed by atoms with Gasteiger partial charge in [-0.1, -0.05) is 26.8 Å². The van der Waals surface area contributed by atoms with Crippen LogP contribution < -0.4 is 0 Å². The first-order chi connectivity index (χ1) is 8.70. The Balaban J connectivity index is 0.000000982. The average Bonchev–Trinajstić information content (AvgIpc) is 2.26. The summed E-state index contributed by atoms with van der Waals surface area (Å²) in [6, 6.07) is 5.86. The van der Waals surface area contributed by atoms with Gasteiger partial charge in [0, 0.05) is 12.4 Å². The average molecular weight is 345 g/mol. The first-order valence-corrected chi connectivity index (χ1v) is 9.05. The van der Waals surface area contributed by atoms with E-state index < -0.39 is 0 Å². The monoisotopic (exact) mass is 344 g/mol. The molecule has 0 atom stereocenters. The van der Waals surface area contributed by atoms with Crippen molar-refractivity contribution in [1.82, 2.24) is 4.98 Å². The maximum atomic E-state index is 4.76. The summed E-state index contributed by atoms with van der Waals surface area (Å²) in [5, 5.41) is 0. The van der Waals surface area contributed by atoms with Crippen LogP contribution in [0.5, 0.6) is 0 Å². The van der Waals surface area contributed by atoms with Crippen LogP contribution in [0.25, 0.3) is 0 Å². The second-order valence-electron chi connectivity index (χ2n) is 6.11. The van der Waals surface area contributed by atoms with Crippen molar-refractivity contribution in [1.29, 1.82) is 0 Å². The van der Waals surface area contributed by atoms with Gasteiger partial charge < -0.3 is 0 Å². The fourth-order valence-electron chi connectivity index (χ4n) is 2.04. The Bertz CT molecular complexity index is 373. The van der Waals surface area contributed by atoms with Gasteiger partial charge in [0.25, 0.3) is 0 Å². The number of nitrogens with zero attached hydrogens (tertiary/aromatic N) is 2. The standard InChI is InChI=1S/C14H22N2.2ClH.Fe/c1-13(2,3)11-14(4,5)16-10-12-8-6-7-9-15-12;;;/h6-10H,11H2,1-5H3;2*1H;/q;;;+2/p-2. The molecule has 0 aliphatic rings. The van der Waals surface area contributed by atoms with Gasteiger partial charge in [0.15, 0.2) is 0 Å². The molecule has 0 spiro atoms. The van der Waals surface area contributed by atoms with Gasteiger partial charge in [-0.2, -0.15) is 0 Å². The SMILES string of the molecule is CC(C)(C)CC(C)(C)N=Cc1ccccn1.[Cl][Fe][Cl]. The quantitative estimate of drug-likeness (QED) is 0.553. The van der Waals surface area contributed by atoms with Gasteiger partial charge in [0.05, 0.1) is 11.2 Å². The molecule has 110 valence electrons. The summed E-state index contributed by atoms with van der Waals surface area (Å²) in [6.45, 7) is 11.1. The predicted molar refractivity (Wildman–Crippen MR) is 81.7 cm³/mol. The van der Waals surface area contributed by atoms with Crippen molar-refractivity contribution < 1.29 is 13.1 Å². The number of rotatable bonds is 3. The van der Waals surface area contributed by atoms with Crippen molar-refractivity contribution in [2.45, 2.75) is 46.6 Å². The minimum atomic E-state index is -0.0320. The van der Waals surface area contributed by atoms with Gasteiger partial charge in [-0.05, 0) is 37.8 Å². The summed E-state index contributed by atoms with van der Waals surface area (Å²) < 4.78 is 0. The molecule has 19 heavy (non-hydrogen) atoms. The Labute approximate surface area is 131 Å². The molecule has 1 rings (SSSR count). The van der Waals surface area contributed by atoms with Crippen LogP contribution in [0.4, 0.5) is 0 Å². The van der Waals surface area contributed by atoms with Gasteiger partial charge in [-0.25, -0.2) is 0 Å². The van der Waals surface area contributed by atoms with Crippen molar-refractivity contribution in [3.8, 4) is 0 Å². The van der Waals surface area contributed by atoms with E-state index in [1.54, 1.807) is 6.20 Å². The zero-order valence-corrected chi connectivity index (χ0v) is 14.7. The summed E-state index contributed by atoms with van der Waals surface area (Å²) in [5.41, 5.74) is 1.19. The van der Waals surface area contributed by atoms with Crippen LogP contribution in [-0.4, -0.2) is 16.7 Å². The number of aliphatic imine (C=N–C) groups is 1. The molecule has 0 saturated heterocycles. The number of halogens is 2. The van der Waals surface area contributed by atoms with Crippen molar-refractivity contribution in [3.05, 3.63) is 30.1 Å². The molecular weight excluding hydrogens is 323 g/mol. The van der Waals surface area contributed by atoms with Gasteiger partial charge in [-0.15, -0.1) is 0 Å². The molecule has 1 aromatic rings. The Morgan fingerprint density at radius 3 is 2.21 bits per heavy atom. The maximum absolute atomic E-state index is 4.76. The van der Waals surface area contributed by atoms with Crippen LogP contribution in [0, 0.1) is 5.41 Å². The topological polar surface area (TPSA) is 25.2 Å². The van der Waals surface area contributed by atoms with Gasteiger partial charge >= 0.3 is 33.3 Å². The molecule has 0 aromatic carbocycles. The molecular formula is C14H22Cl2FeN2. The molecule has 0 saturated carbocycles. The fraction of sp³-hybridized carbons (Fsp3) is 0.571. The summed E-state index contributed by atoms with van der Waals surface area (Å²) in [6.07, 6.45) is 4.72. The molecule has 5 heteroatoms. The van der Waals surface area contributed by atoms with E-state index in [1.807, 2.05) is 24.4 Å². The first kappa shape index (κ1) is 18.9. The fourth-order valence-corrected chi connectivity index (χ4v) is 2.04. The molecule has 0 fully saturated rings. The van der Waals surface area contributed by atoms with E-state index in [0.29, 0.717) is 5.41 Å². The van der Waals surface area contributed by atoms with Crippen LogP contribution in [-0.2, 0) is 13.1 Å². The van der Waals surface area contributed by atoms with Crippen LogP contribution in [0.3, 0.4) is 0 Å². The predicted octanol–water partition coefficient (Wildman–Crippen LogP) is 5.09. The van der Waals surface area contributed by atoms with Crippen LogP contribution in [0.15, 0.2) is 29.4 Å². The van der Waals surface area contributed by atoms with E-state index in [9.17, 15) is 0 Å². The van der Waals surface area contributed by atoms with E-state index in [2.05, 4.69) is 44.6 Å². The Morgan fingerprint density at radius 1 is 1.21 bits per heavy atom. The number of pyridine rings is 1. The third-order valence-corrected chi connectivity index (χ3v) is 2.20. The summed E-state index contributed by atoms with van der Waals surface area (Å²) >= 11 is 0.194. The normalized spacial score (nSPS) is 12.4. The van der Waals surface area contributed by atoms with Crippen molar-refractivity contribution in [2.24, 2.45) is 10.4 Å². The van der Waals surface area contributed by atoms with Crippen molar-refractivity contribution in [3.63, 3.8) is 0 Å². The van der Waals surface area contributed by atoms with Gasteiger partial charge in [0.1, 0.15) is 0 Å². The number of hydrogen-bond donors (Lipinski definition) is 0. The van der Waals surface area contributed by atoms with Crippen LogP contribution >= 0.6 is 20.2 Å². The molecule has 0 aliphatic carbocycles. The molecule has 1 heterocycles. The Kier molecular flexibility index (Phi) is 8.93. The first-order valence-electron chi connectivity index (χ1n) is 6.02. The van der Waals surface area contributed by atoms with E-state index in [1.165, 1.54) is 0 Å². The van der Waals surface area contributed by atoms with Crippen LogP contribution in [0.2, 0.25) is 0 Å². The molecule has 0 bridgehead atoms. The second kappa shape index (κ2) is 8.97. The van der Waals surface area contributed by atoms with E-state index >= 15 is 0 Å². The summed E-state index contributed by atoms with van der Waals surface area (Å²) in [5.74, 6) is 0. The molecule has 1 aromatic heterocycles. The summed E-state index contributed by atoms with van der Waals surface area (Å²) in [4.78, 5) is 8.85. The molecule has 0 amide bonds. The number of aromatic nitrogens is 1. The van der Waals surface area contributed by atoms with Gasteiger partial charge in [-0.3, -0.25) is 9.98 Å². The zero-order valence-electron chi connectivity index (χ0n) is 12.1. The van der Waals surface area contributed by atoms with Crippen molar-refractivity contribution >= 4 is 26.4 Å². The molecule has 0 unspecified atom stereocenters. The Hall–Kier alpha value is -0.0805. The van der Waals surface area contributed by atoms with Gasteiger partial charge in [0.2, 0.25) is 0 Å². The molecule has 0 aliphatic heterocycles. The number of hydrogen-bond acceptors (Lipinski definition) is 2. The van der Waals surface area contributed by atoms with Crippen LogP contribution in [0.1, 0.15) is 46.7 Å². The molecule has 0 radical (unpaired) electrons. The summed E-state index contributed by atoms with van der Waals surface area (Å²) in [7, 11) is 9.53. The molecule has 2 nitrogen and oxygen atoms in total. The van der Waals surface area contributed by atoms with E-state index in [0.717, 1.165) is 12.1 Å². The molecule has 0 N–H and O–H groups in total. The zero-order chi connectivity index (χ0) is 14.9. The van der Waals surface area contributed by atoms with E-state index in [4.69, 9.17) is 20.2 Å². The van der Waals surface area contributed by atoms with Crippen molar-refractivity contribution in [2.75, 3.05) is 0 Å². The third-order valence-electron chi connectivity index (χ3n) is 2.20. The second-order valence-corrected chi connectivity index (χ2v) is 7.94. The minimum absolute atomic E-state index is 0.0320.